The number of aryl methyl sites for hydroxylation is 1. The van der Waals surface area contributed by atoms with Crippen LogP contribution >= 0.6 is 23.2 Å². The Morgan fingerprint density at radius 3 is 2.69 bits per heavy atom. The Kier molecular flexibility index (Phi) is 9.35. The number of ether oxygens (including phenoxy) is 2. The van der Waals surface area contributed by atoms with Gasteiger partial charge >= 0.3 is 0 Å². The molecule has 1 fully saturated rings. The van der Waals surface area contributed by atoms with Gasteiger partial charge in [-0.05, 0) is 55.0 Å². The first-order valence-corrected chi connectivity index (χ1v) is 13.9. The molecule has 1 saturated heterocycles. The van der Waals surface area contributed by atoms with Crippen molar-refractivity contribution in [1.82, 2.24) is 20.4 Å². The lowest BCUT2D eigenvalue weighted by Crippen LogP contribution is -2.46. The molecule has 1 N–H and O–H groups in total. The van der Waals surface area contributed by atoms with Gasteiger partial charge in [0.05, 0.1) is 29.6 Å². The molecule has 0 saturated carbocycles. The van der Waals surface area contributed by atoms with E-state index >= 15 is 4.39 Å². The van der Waals surface area contributed by atoms with Crippen molar-refractivity contribution in [3.63, 3.8) is 0 Å². The van der Waals surface area contributed by atoms with Crippen molar-refractivity contribution in [2.24, 2.45) is 0 Å². The van der Waals surface area contributed by atoms with E-state index in [4.69, 9.17) is 37.1 Å². The molecular weight excluding hydrogens is 584 g/mol. The average Bonchev–Trinajstić information content (AvgIpc) is 3.44. The number of carbonyl (C=O) groups excluding carboxylic acids is 1. The predicted molar refractivity (Wildman–Crippen MR) is 155 cm³/mol. The molecule has 3 aromatic carbocycles. The Labute approximate surface area is 251 Å². The molecule has 0 radical (unpaired) electrons. The van der Waals surface area contributed by atoms with Crippen molar-refractivity contribution in [2.45, 2.75) is 13.3 Å². The Balaban J connectivity index is 1.25. The Bertz CT molecular complexity index is 1650. The van der Waals surface area contributed by atoms with Gasteiger partial charge < -0.3 is 19.2 Å². The number of hydrogen-bond donors (Lipinski definition) is 1. The van der Waals surface area contributed by atoms with E-state index in [1.54, 1.807) is 18.2 Å². The number of halogens is 3. The van der Waals surface area contributed by atoms with Crippen LogP contribution in [-0.4, -0.2) is 60.2 Å². The summed E-state index contributed by atoms with van der Waals surface area (Å²) in [7, 11) is 0. The fraction of sp³-hybridized carbons (Fsp3) is 0.267. The van der Waals surface area contributed by atoms with Gasteiger partial charge in [-0.3, -0.25) is 9.69 Å². The van der Waals surface area contributed by atoms with Crippen molar-refractivity contribution in [3.8, 4) is 34.8 Å². The molecule has 4 aromatic rings. The van der Waals surface area contributed by atoms with Crippen LogP contribution in [0.4, 0.5) is 4.39 Å². The van der Waals surface area contributed by atoms with Gasteiger partial charge in [0.25, 0.3) is 0 Å². The van der Waals surface area contributed by atoms with Crippen LogP contribution < -0.4 is 14.8 Å². The Hall–Kier alpha value is -4.01. The normalized spacial score (nSPS) is 13.5. The molecule has 0 aliphatic carbocycles. The summed E-state index contributed by atoms with van der Waals surface area (Å²) in [5, 5.41) is 21.0. The zero-order valence-electron chi connectivity index (χ0n) is 22.6. The van der Waals surface area contributed by atoms with E-state index in [0.29, 0.717) is 17.9 Å². The third-order valence-corrected chi connectivity index (χ3v) is 7.11. The lowest BCUT2D eigenvalue weighted by Gasteiger charge is -2.26. The molecule has 9 nitrogen and oxygen atoms in total. The van der Waals surface area contributed by atoms with Gasteiger partial charge in [0, 0.05) is 42.3 Å². The molecule has 0 unspecified atom stereocenters. The number of nitrogens with one attached hydrogen (secondary N) is 1. The van der Waals surface area contributed by atoms with Crippen LogP contribution in [0.5, 0.6) is 17.2 Å². The van der Waals surface area contributed by atoms with Crippen molar-refractivity contribution < 1.29 is 23.1 Å². The van der Waals surface area contributed by atoms with Crippen LogP contribution in [0, 0.1) is 24.1 Å². The second-order valence-corrected chi connectivity index (χ2v) is 10.6. The quantitative estimate of drug-likeness (QED) is 0.245. The molecule has 1 aliphatic rings. The maximum absolute atomic E-state index is 15.4. The number of piperazine rings is 1. The van der Waals surface area contributed by atoms with Crippen LogP contribution in [0.1, 0.15) is 22.6 Å². The zero-order chi connectivity index (χ0) is 29.6. The molecule has 0 atom stereocenters. The molecule has 0 amide bonds. The van der Waals surface area contributed by atoms with E-state index < -0.39 is 5.82 Å². The summed E-state index contributed by atoms with van der Waals surface area (Å²) in [6, 6.07) is 14.6. The predicted octanol–water partition coefficient (Wildman–Crippen LogP) is 5.60. The minimum absolute atomic E-state index is 0.0113. The Morgan fingerprint density at radius 2 is 1.93 bits per heavy atom. The standard InChI is InChI=1S/C30H26Cl2FN5O4/c1-18-10-23(40-17-22(39)16-38-8-6-35-7-9-38)3-4-25(18)30-37-36-27(42-30)13-20-2-5-26(32)29(28(20)33)41-24-12-19(15-34)11-21(31)14-24/h2-5,10-12,14,35H,6-9,13,16-17H2,1H3. The minimum Gasteiger partial charge on any atom is -0.486 e. The number of nitriles is 1. The number of ketones is 1. The highest BCUT2D eigenvalue weighted by atomic mass is 35.5. The van der Waals surface area contributed by atoms with E-state index in [2.05, 4.69) is 20.4 Å². The number of nitrogens with zero attached hydrogens (tertiary/aromatic N) is 4. The van der Waals surface area contributed by atoms with Crippen LogP contribution in [0.2, 0.25) is 10.0 Å². The van der Waals surface area contributed by atoms with Crippen molar-refractivity contribution in [1.29, 1.82) is 5.26 Å². The first-order valence-electron chi connectivity index (χ1n) is 13.2. The lowest BCUT2D eigenvalue weighted by atomic mass is 10.1. The molecule has 5 rings (SSSR count). The maximum Gasteiger partial charge on any atom is 0.248 e. The number of benzene rings is 3. The molecule has 0 spiro atoms. The summed E-state index contributed by atoms with van der Waals surface area (Å²) in [6.45, 7) is 5.68. The molecule has 12 heteroatoms. The molecular formula is C30H26Cl2FN5O4. The summed E-state index contributed by atoms with van der Waals surface area (Å²) >= 11 is 12.3. The van der Waals surface area contributed by atoms with Crippen molar-refractivity contribution >= 4 is 29.0 Å². The van der Waals surface area contributed by atoms with Crippen molar-refractivity contribution in [3.05, 3.63) is 87.0 Å². The summed E-state index contributed by atoms with van der Waals surface area (Å²) in [6.07, 6.45) is -0.0131. The number of hydrogen-bond acceptors (Lipinski definition) is 9. The smallest absolute Gasteiger partial charge is 0.248 e. The second kappa shape index (κ2) is 13.3. The van der Waals surface area contributed by atoms with Crippen LogP contribution in [0.3, 0.4) is 0 Å². The number of aromatic nitrogens is 2. The van der Waals surface area contributed by atoms with Crippen LogP contribution in [-0.2, 0) is 11.2 Å². The molecule has 42 heavy (non-hydrogen) atoms. The van der Waals surface area contributed by atoms with Crippen LogP contribution in [0.15, 0.2) is 52.9 Å². The third-order valence-electron chi connectivity index (χ3n) is 6.60. The molecule has 2 heterocycles. The summed E-state index contributed by atoms with van der Waals surface area (Å²) in [5.41, 5.74) is 1.97. The summed E-state index contributed by atoms with van der Waals surface area (Å²) in [4.78, 5) is 14.4. The zero-order valence-corrected chi connectivity index (χ0v) is 24.1. The number of carbonyl (C=O) groups is 1. The highest BCUT2D eigenvalue weighted by Gasteiger charge is 2.19. The van der Waals surface area contributed by atoms with Gasteiger partial charge in [-0.25, -0.2) is 4.39 Å². The first kappa shape index (κ1) is 29.5. The molecule has 0 bridgehead atoms. The second-order valence-electron chi connectivity index (χ2n) is 9.75. The first-order chi connectivity index (χ1) is 20.3. The minimum atomic E-state index is -0.704. The highest BCUT2D eigenvalue weighted by molar-refractivity contribution is 6.32. The lowest BCUT2D eigenvalue weighted by molar-refractivity contribution is -0.122. The Morgan fingerprint density at radius 1 is 1.12 bits per heavy atom. The number of Topliss-reactive ketones (excluding diaryl/α,β-unsaturated/α-hetero) is 1. The van der Waals surface area contributed by atoms with Crippen LogP contribution in [0.25, 0.3) is 11.5 Å². The molecule has 216 valence electrons. The average molecular weight is 610 g/mol. The summed E-state index contributed by atoms with van der Waals surface area (Å²) < 4.78 is 32.7. The topological polar surface area (TPSA) is 114 Å². The van der Waals surface area contributed by atoms with Gasteiger partial charge in [-0.1, -0.05) is 29.3 Å². The van der Waals surface area contributed by atoms with Gasteiger partial charge in [-0.2, -0.15) is 5.26 Å². The van der Waals surface area contributed by atoms with E-state index in [1.807, 2.05) is 13.0 Å². The van der Waals surface area contributed by atoms with Gasteiger partial charge in [-0.15, -0.1) is 10.2 Å². The van der Waals surface area contributed by atoms with E-state index in [1.165, 1.54) is 30.3 Å². The fourth-order valence-electron chi connectivity index (χ4n) is 4.50. The van der Waals surface area contributed by atoms with Gasteiger partial charge in [0.1, 0.15) is 18.1 Å². The maximum atomic E-state index is 15.4. The summed E-state index contributed by atoms with van der Waals surface area (Å²) in [5.74, 6) is 0.277. The van der Waals surface area contributed by atoms with E-state index in [9.17, 15) is 10.1 Å². The van der Waals surface area contributed by atoms with Gasteiger partial charge in [0.2, 0.25) is 11.8 Å². The van der Waals surface area contributed by atoms with Crippen molar-refractivity contribution in [2.75, 3.05) is 39.3 Å². The number of rotatable bonds is 10. The SMILES string of the molecule is Cc1cc(OCC(=O)CN2CCNCC2)ccc1-c1nnc(Cc2ccc(Cl)c(Oc3cc(Cl)cc(C#N)c3)c2F)o1. The third kappa shape index (κ3) is 7.24. The van der Waals surface area contributed by atoms with Gasteiger partial charge in [0.15, 0.2) is 17.3 Å². The molecule has 1 aromatic heterocycles. The highest BCUT2D eigenvalue weighted by Crippen LogP contribution is 2.36. The molecule has 1 aliphatic heterocycles. The van der Waals surface area contributed by atoms with E-state index in [0.717, 1.165) is 31.7 Å². The fourth-order valence-corrected chi connectivity index (χ4v) is 4.91. The monoisotopic (exact) mass is 609 g/mol. The van der Waals surface area contributed by atoms with E-state index in [-0.39, 0.29) is 63.3 Å². The largest absolute Gasteiger partial charge is 0.486 e.